The molecule has 0 unspecified atom stereocenters. The lowest BCUT2D eigenvalue weighted by Crippen LogP contribution is -2.49. The molecule has 0 bridgehead atoms. The van der Waals surface area contributed by atoms with Gasteiger partial charge >= 0.3 is 0 Å². The number of aryl methyl sites for hydroxylation is 1. The average molecular weight is 367 g/mol. The summed E-state index contributed by atoms with van der Waals surface area (Å²) in [7, 11) is 0. The number of benzene rings is 1. The van der Waals surface area contributed by atoms with Gasteiger partial charge in [0.2, 0.25) is 0 Å². The van der Waals surface area contributed by atoms with Crippen LogP contribution >= 0.6 is 27.5 Å². The van der Waals surface area contributed by atoms with Crippen molar-refractivity contribution in [3.8, 4) is 5.75 Å². The third kappa shape index (κ3) is 2.70. The zero-order valence-corrected chi connectivity index (χ0v) is 14.4. The van der Waals surface area contributed by atoms with E-state index in [1.165, 1.54) is 11.5 Å². The molecule has 110 valence electrons. The molecule has 0 saturated heterocycles. The second kappa shape index (κ2) is 5.10. The van der Waals surface area contributed by atoms with Gasteiger partial charge in [-0.1, -0.05) is 15.9 Å². The van der Waals surface area contributed by atoms with Crippen molar-refractivity contribution in [3.63, 3.8) is 0 Å². The topological polar surface area (TPSA) is 42.4 Å². The molecule has 0 saturated carbocycles. The van der Waals surface area contributed by atoms with Crippen molar-refractivity contribution in [2.75, 3.05) is 11.4 Å². The van der Waals surface area contributed by atoms with E-state index in [0.29, 0.717) is 12.1 Å². The average Bonchev–Trinajstić information content (AvgIpc) is 2.81. The summed E-state index contributed by atoms with van der Waals surface area (Å²) in [6.45, 7) is 6.33. The van der Waals surface area contributed by atoms with E-state index in [9.17, 15) is 4.79 Å². The molecule has 1 amide bonds. The van der Waals surface area contributed by atoms with Crippen molar-refractivity contribution in [2.45, 2.75) is 26.4 Å². The van der Waals surface area contributed by atoms with Crippen LogP contribution in [0, 0.1) is 6.92 Å². The van der Waals surface area contributed by atoms with E-state index in [4.69, 9.17) is 4.74 Å². The summed E-state index contributed by atoms with van der Waals surface area (Å²) in [5.41, 5.74) is 1.80. The van der Waals surface area contributed by atoms with Crippen LogP contribution in [0.15, 0.2) is 28.1 Å². The smallest absolute Gasteiger partial charge is 0.261 e. The van der Waals surface area contributed by atoms with E-state index in [0.717, 1.165) is 21.6 Å². The second-order valence-corrected chi connectivity index (χ2v) is 7.22. The molecular weight excluding hydrogens is 352 g/mol. The Kier molecular flexibility index (Phi) is 3.53. The Balaban J connectivity index is 2.07. The molecule has 2 heterocycles. The third-order valence-corrected chi connectivity index (χ3v) is 4.58. The fourth-order valence-corrected chi connectivity index (χ4v) is 3.44. The molecular formula is C15H15BrN2O2S. The number of carbonyl (C=O) groups excluding carboxylic acids is 1. The standard InChI is InChI=1S/C15H15BrN2O2S/c1-9-11(7-21-17-9)14(19)18-8-15(2,3)20-13-6-10(16)4-5-12(13)18/h4-7H,8H2,1-3H3. The zero-order chi connectivity index (χ0) is 15.2. The highest BCUT2D eigenvalue weighted by Crippen LogP contribution is 2.39. The molecule has 21 heavy (non-hydrogen) atoms. The number of aromatic nitrogens is 1. The van der Waals surface area contributed by atoms with Gasteiger partial charge in [-0.2, -0.15) is 4.37 Å². The number of anilines is 1. The molecule has 1 aromatic heterocycles. The monoisotopic (exact) mass is 366 g/mol. The van der Waals surface area contributed by atoms with E-state index < -0.39 is 5.60 Å². The van der Waals surface area contributed by atoms with Gasteiger partial charge < -0.3 is 9.64 Å². The third-order valence-electron chi connectivity index (χ3n) is 3.36. The van der Waals surface area contributed by atoms with Gasteiger partial charge in [0.15, 0.2) is 0 Å². The predicted molar refractivity (Wildman–Crippen MR) is 87.4 cm³/mol. The summed E-state index contributed by atoms with van der Waals surface area (Å²) in [5.74, 6) is 0.691. The van der Waals surface area contributed by atoms with Crippen molar-refractivity contribution < 1.29 is 9.53 Å². The minimum absolute atomic E-state index is 0.0267. The van der Waals surface area contributed by atoms with Gasteiger partial charge in [-0.15, -0.1) is 0 Å². The minimum Gasteiger partial charge on any atom is -0.484 e. The van der Waals surface area contributed by atoms with E-state index in [-0.39, 0.29) is 5.91 Å². The molecule has 0 aliphatic carbocycles. The second-order valence-electron chi connectivity index (χ2n) is 5.68. The van der Waals surface area contributed by atoms with Crippen molar-refractivity contribution in [1.82, 2.24) is 4.37 Å². The largest absolute Gasteiger partial charge is 0.484 e. The first-order valence-electron chi connectivity index (χ1n) is 6.59. The highest BCUT2D eigenvalue weighted by atomic mass is 79.9. The SMILES string of the molecule is Cc1nscc1C(=O)N1CC(C)(C)Oc2cc(Br)ccc21. The lowest BCUT2D eigenvalue weighted by atomic mass is 10.0. The van der Waals surface area contributed by atoms with Crippen LogP contribution in [0.4, 0.5) is 5.69 Å². The van der Waals surface area contributed by atoms with Crippen LogP contribution in [-0.2, 0) is 0 Å². The van der Waals surface area contributed by atoms with Crippen LogP contribution in [0.3, 0.4) is 0 Å². The van der Waals surface area contributed by atoms with Gasteiger partial charge in [-0.3, -0.25) is 4.79 Å². The molecule has 0 N–H and O–H groups in total. The number of fused-ring (bicyclic) bond motifs is 1. The molecule has 0 atom stereocenters. The Labute approximate surface area is 136 Å². The molecule has 2 aromatic rings. The molecule has 1 aromatic carbocycles. The van der Waals surface area contributed by atoms with Gasteiger partial charge in [0.1, 0.15) is 11.4 Å². The maximum absolute atomic E-state index is 12.8. The number of hydrogen-bond acceptors (Lipinski definition) is 4. The Hall–Kier alpha value is -1.40. The van der Waals surface area contributed by atoms with Crippen LogP contribution in [-0.4, -0.2) is 22.4 Å². The van der Waals surface area contributed by atoms with Crippen LogP contribution in [0.5, 0.6) is 5.75 Å². The highest BCUT2D eigenvalue weighted by molar-refractivity contribution is 9.10. The summed E-state index contributed by atoms with van der Waals surface area (Å²) < 4.78 is 11.1. The number of carbonyl (C=O) groups is 1. The number of rotatable bonds is 1. The summed E-state index contributed by atoms with van der Waals surface area (Å²) >= 11 is 4.75. The normalized spacial score (nSPS) is 16.3. The van der Waals surface area contributed by atoms with Crippen LogP contribution in [0.2, 0.25) is 0 Å². The minimum atomic E-state index is -0.430. The molecule has 4 nitrogen and oxygen atoms in total. The van der Waals surface area contributed by atoms with Crippen LogP contribution < -0.4 is 9.64 Å². The first kappa shape index (κ1) is 14.5. The Bertz CT molecular complexity index is 711. The Morgan fingerprint density at radius 3 is 2.90 bits per heavy atom. The molecule has 0 fully saturated rings. The Morgan fingerprint density at radius 2 is 2.24 bits per heavy atom. The quantitative estimate of drug-likeness (QED) is 0.764. The van der Waals surface area contributed by atoms with Crippen LogP contribution in [0.1, 0.15) is 29.9 Å². The van der Waals surface area contributed by atoms with Gasteiger partial charge in [-0.25, -0.2) is 0 Å². The summed E-state index contributed by atoms with van der Waals surface area (Å²) in [6.07, 6.45) is 0. The molecule has 0 radical (unpaired) electrons. The highest BCUT2D eigenvalue weighted by Gasteiger charge is 2.36. The summed E-state index contributed by atoms with van der Waals surface area (Å²) in [5, 5.41) is 1.80. The van der Waals surface area contributed by atoms with E-state index >= 15 is 0 Å². The number of hydrogen-bond donors (Lipinski definition) is 0. The Morgan fingerprint density at radius 1 is 1.48 bits per heavy atom. The molecule has 3 rings (SSSR count). The fraction of sp³-hybridized carbons (Fsp3) is 0.333. The van der Waals surface area contributed by atoms with Gasteiger partial charge in [0, 0.05) is 9.85 Å². The van der Waals surface area contributed by atoms with Crippen molar-refractivity contribution in [2.24, 2.45) is 0 Å². The lowest BCUT2D eigenvalue weighted by Gasteiger charge is -2.39. The van der Waals surface area contributed by atoms with Crippen LogP contribution in [0.25, 0.3) is 0 Å². The molecule has 0 spiro atoms. The lowest BCUT2D eigenvalue weighted by molar-refractivity contribution is 0.0836. The first-order valence-corrected chi connectivity index (χ1v) is 8.22. The van der Waals surface area contributed by atoms with Gasteiger partial charge in [0.25, 0.3) is 5.91 Å². The number of amides is 1. The zero-order valence-electron chi connectivity index (χ0n) is 12.0. The maximum Gasteiger partial charge on any atom is 0.261 e. The van der Waals surface area contributed by atoms with Crippen molar-refractivity contribution >= 4 is 39.1 Å². The fourth-order valence-electron chi connectivity index (χ4n) is 2.41. The summed E-state index contributed by atoms with van der Waals surface area (Å²) in [4.78, 5) is 14.6. The summed E-state index contributed by atoms with van der Waals surface area (Å²) in [6, 6.07) is 5.72. The van der Waals surface area contributed by atoms with Crippen molar-refractivity contribution in [1.29, 1.82) is 0 Å². The predicted octanol–water partition coefficient (Wildman–Crippen LogP) is 4.03. The maximum atomic E-state index is 12.8. The molecule has 1 aliphatic rings. The number of nitrogens with zero attached hydrogens (tertiary/aromatic N) is 2. The first-order chi connectivity index (χ1) is 9.87. The van der Waals surface area contributed by atoms with Crippen molar-refractivity contribution in [3.05, 3.63) is 39.3 Å². The number of ether oxygens (including phenoxy) is 1. The van der Waals surface area contributed by atoms with Gasteiger partial charge in [0.05, 0.1) is 23.5 Å². The molecule has 1 aliphatic heterocycles. The van der Waals surface area contributed by atoms with Gasteiger partial charge in [-0.05, 0) is 50.5 Å². The van der Waals surface area contributed by atoms with E-state index in [1.54, 1.807) is 10.3 Å². The van der Waals surface area contributed by atoms with E-state index in [1.807, 2.05) is 39.0 Å². The number of halogens is 1. The molecule has 6 heteroatoms. The van der Waals surface area contributed by atoms with E-state index in [2.05, 4.69) is 20.3 Å².